The van der Waals surface area contributed by atoms with E-state index < -0.39 is 0 Å². The van der Waals surface area contributed by atoms with Crippen molar-refractivity contribution in [3.8, 4) is 0 Å². The zero-order chi connectivity index (χ0) is 15.2. The number of hydrogen-bond acceptors (Lipinski definition) is 4. The summed E-state index contributed by atoms with van der Waals surface area (Å²) in [6.45, 7) is 2.26. The molecular weight excluding hydrogens is 286 g/mol. The fourth-order valence-corrected chi connectivity index (χ4v) is 3.58. The van der Waals surface area contributed by atoms with Gasteiger partial charge in [-0.05, 0) is 24.3 Å². The van der Waals surface area contributed by atoms with Gasteiger partial charge in [0.15, 0.2) is 0 Å². The molecule has 0 aromatic carbocycles. The van der Waals surface area contributed by atoms with Crippen LogP contribution in [0.15, 0.2) is 17.5 Å². The van der Waals surface area contributed by atoms with Gasteiger partial charge in [-0.1, -0.05) is 32.3 Å². The third-order valence-corrected chi connectivity index (χ3v) is 4.94. The third-order valence-electron chi connectivity index (χ3n) is 4.08. The van der Waals surface area contributed by atoms with Crippen LogP contribution in [-0.4, -0.2) is 36.5 Å². The number of carbonyl (C=O) groups is 2. The summed E-state index contributed by atoms with van der Waals surface area (Å²) in [5.41, 5.74) is 0. The summed E-state index contributed by atoms with van der Waals surface area (Å²) < 4.78 is 4.80. The largest absolute Gasteiger partial charge is 0.469 e. The standard InChI is InChI=1S/C16H23NO3S/c1-12(16(19)20-2)11-17(13-7-4-3-5-8-13)15(18)14-9-6-10-21-14/h6,9-10,12-13H,3-5,7-8,11H2,1-2H3. The highest BCUT2D eigenvalue weighted by molar-refractivity contribution is 7.12. The normalized spacial score (nSPS) is 17.2. The van der Waals surface area contributed by atoms with E-state index in [4.69, 9.17) is 4.74 Å². The van der Waals surface area contributed by atoms with E-state index in [1.165, 1.54) is 24.9 Å². The SMILES string of the molecule is COC(=O)C(C)CN(C(=O)c1cccs1)C1CCCCC1. The van der Waals surface area contributed by atoms with Crippen molar-refractivity contribution in [3.63, 3.8) is 0 Å². The highest BCUT2D eigenvalue weighted by atomic mass is 32.1. The van der Waals surface area contributed by atoms with Crippen molar-refractivity contribution in [3.05, 3.63) is 22.4 Å². The van der Waals surface area contributed by atoms with Gasteiger partial charge in [-0.3, -0.25) is 9.59 Å². The number of thiophene rings is 1. The molecule has 0 bridgehead atoms. The lowest BCUT2D eigenvalue weighted by Gasteiger charge is -2.35. The number of ether oxygens (including phenoxy) is 1. The molecule has 1 aliphatic rings. The molecule has 1 atom stereocenters. The summed E-state index contributed by atoms with van der Waals surface area (Å²) in [6, 6.07) is 3.99. The van der Waals surface area contributed by atoms with Crippen molar-refractivity contribution < 1.29 is 14.3 Å². The average Bonchev–Trinajstić information content (AvgIpc) is 3.06. The number of carbonyl (C=O) groups excluding carboxylic acids is 2. The topological polar surface area (TPSA) is 46.6 Å². The minimum Gasteiger partial charge on any atom is -0.469 e. The van der Waals surface area contributed by atoms with Crippen LogP contribution in [0.5, 0.6) is 0 Å². The maximum Gasteiger partial charge on any atom is 0.310 e. The van der Waals surface area contributed by atoms with E-state index in [0.29, 0.717) is 6.54 Å². The predicted octanol–water partition coefficient (Wildman–Crippen LogP) is 3.33. The molecule has 0 radical (unpaired) electrons. The lowest BCUT2D eigenvalue weighted by Crippen LogP contribution is -2.44. The number of amides is 1. The lowest BCUT2D eigenvalue weighted by atomic mass is 9.93. The molecule has 0 spiro atoms. The smallest absolute Gasteiger partial charge is 0.310 e. The number of hydrogen-bond donors (Lipinski definition) is 0. The molecule has 1 saturated carbocycles. The molecule has 1 aromatic heterocycles. The molecule has 0 saturated heterocycles. The van der Waals surface area contributed by atoms with Crippen molar-refractivity contribution in [2.75, 3.05) is 13.7 Å². The molecule has 0 N–H and O–H groups in total. The van der Waals surface area contributed by atoms with Gasteiger partial charge in [-0.25, -0.2) is 0 Å². The molecule has 5 heteroatoms. The van der Waals surface area contributed by atoms with Gasteiger partial charge in [0.25, 0.3) is 5.91 Å². The van der Waals surface area contributed by atoms with E-state index in [2.05, 4.69) is 0 Å². The van der Waals surface area contributed by atoms with Gasteiger partial charge in [0, 0.05) is 12.6 Å². The maximum absolute atomic E-state index is 12.7. The highest BCUT2D eigenvalue weighted by Crippen LogP contribution is 2.26. The molecular formula is C16H23NO3S. The van der Waals surface area contributed by atoms with E-state index in [0.717, 1.165) is 30.6 Å². The van der Waals surface area contributed by atoms with Crippen molar-refractivity contribution >= 4 is 23.2 Å². The Hall–Kier alpha value is -1.36. The second kappa shape index (κ2) is 7.59. The van der Waals surface area contributed by atoms with Gasteiger partial charge < -0.3 is 9.64 Å². The molecule has 4 nitrogen and oxygen atoms in total. The molecule has 1 amide bonds. The second-order valence-electron chi connectivity index (χ2n) is 5.65. The fraction of sp³-hybridized carbons (Fsp3) is 0.625. The first-order valence-corrected chi connectivity index (χ1v) is 8.43. The summed E-state index contributed by atoms with van der Waals surface area (Å²) in [5.74, 6) is -0.497. The van der Waals surface area contributed by atoms with E-state index in [-0.39, 0.29) is 23.8 Å². The van der Waals surface area contributed by atoms with Gasteiger partial charge in [0.2, 0.25) is 0 Å². The van der Waals surface area contributed by atoms with Gasteiger partial charge in [-0.2, -0.15) is 0 Å². The van der Waals surface area contributed by atoms with Crippen LogP contribution in [0.1, 0.15) is 48.7 Å². The Morgan fingerprint density at radius 3 is 2.67 bits per heavy atom. The van der Waals surface area contributed by atoms with Crippen molar-refractivity contribution in [2.24, 2.45) is 5.92 Å². The number of esters is 1. The molecule has 116 valence electrons. The molecule has 2 rings (SSSR count). The van der Waals surface area contributed by atoms with Crippen LogP contribution in [0, 0.1) is 5.92 Å². The number of nitrogens with zero attached hydrogens (tertiary/aromatic N) is 1. The molecule has 1 aromatic rings. The second-order valence-corrected chi connectivity index (χ2v) is 6.60. The monoisotopic (exact) mass is 309 g/mol. The Kier molecular flexibility index (Phi) is 5.79. The van der Waals surface area contributed by atoms with Gasteiger partial charge in [0.1, 0.15) is 0 Å². The predicted molar refractivity (Wildman–Crippen MR) is 83.4 cm³/mol. The molecule has 1 heterocycles. The highest BCUT2D eigenvalue weighted by Gasteiger charge is 2.29. The van der Waals surface area contributed by atoms with Crippen LogP contribution < -0.4 is 0 Å². The molecule has 1 unspecified atom stereocenters. The quantitative estimate of drug-likeness (QED) is 0.784. The molecule has 21 heavy (non-hydrogen) atoms. The van der Waals surface area contributed by atoms with Gasteiger partial charge in [-0.15, -0.1) is 11.3 Å². The molecule has 1 fully saturated rings. The van der Waals surface area contributed by atoms with E-state index >= 15 is 0 Å². The third kappa shape index (κ3) is 4.06. The fourth-order valence-electron chi connectivity index (χ4n) is 2.90. The van der Waals surface area contributed by atoms with E-state index in [9.17, 15) is 9.59 Å². The van der Waals surface area contributed by atoms with Gasteiger partial charge in [0.05, 0.1) is 17.9 Å². The Bertz CT molecular complexity index is 466. The summed E-state index contributed by atoms with van der Waals surface area (Å²) in [7, 11) is 1.39. The van der Waals surface area contributed by atoms with E-state index in [1.807, 2.05) is 29.3 Å². The number of methoxy groups -OCH3 is 1. The van der Waals surface area contributed by atoms with E-state index in [1.54, 1.807) is 0 Å². The van der Waals surface area contributed by atoms with Crippen LogP contribution in [0.2, 0.25) is 0 Å². The lowest BCUT2D eigenvalue weighted by molar-refractivity contribution is -0.145. The van der Waals surface area contributed by atoms with Crippen molar-refractivity contribution in [1.29, 1.82) is 0 Å². The average molecular weight is 309 g/mol. The Morgan fingerprint density at radius 2 is 2.10 bits per heavy atom. The zero-order valence-electron chi connectivity index (χ0n) is 12.7. The van der Waals surface area contributed by atoms with Crippen molar-refractivity contribution in [1.82, 2.24) is 4.90 Å². The molecule has 0 aliphatic heterocycles. The minimum atomic E-state index is -0.291. The first kappa shape index (κ1) is 16.0. The number of rotatable bonds is 5. The van der Waals surface area contributed by atoms with Crippen molar-refractivity contribution in [2.45, 2.75) is 45.1 Å². The Morgan fingerprint density at radius 1 is 1.38 bits per heavy atom. The summed E-state index contributed by atoms with van der Waals surface area (Å²) in [6.07, 6.45) is 5.62. The van der Waals surface area contributed by atoms with Crippen LogP contribution in [0.3, 0.4) is 0 Å². The molecule has 1 aliphatic carbocycles. The van der Waals surface area contributed by atoms with Crippen LogP contribution in [0.4, 0.5) is 0 Å². The first-order valence-electron chi connectivity index (χ1n) is 7.55. The first-order chi connectivity index (χ1) is 10.1. The summed E-state index contributed by atoms with van der Waals surface area (Å²) >= 11 is 1.46. The maximum atomic E-state index is 12.7. The Labute approximate surface area is 130 Å². The Balaban J connectivity index is 2.13. The van der Waals surface area contributed by atoms with Crippen LogP contribution in [0.25, 0.3) is 0 Å². The zero-order valence-corrected chi connectivity index (χ0v) is 13.5. The summed E-state index contributed by atoms with van der Waals surface area (Å²) in [4.78, 5) is 27.1. The van der Waals surface area contributed by atoms with Crippen LogP contribution in [-0.2, 0) is 9.53 Å². The van der Waals surface area contributed by atoms with Crippen LogP contribution >= 0.6 is 11.3 Å². The summed E-state index contributed by atoms with van der Waals surface area (Å²) in [5, 5.41) is 1.91. The van der Waals surface area contributed by atoms with Gasteiger partial charge >= 0.3 is 5.97 Å². The minimum absolute atomic E-state index is 0.0488.